The Morgan fingerprint density at radius 3 is 3.00 bits per heavy atom. The highest BCUT2D eigenvalue weighted by Gasteiger charge is 2.16. The molecule has 2 aromatic rings. The van der Waals surface area contributed by atoms with E-state index in [0.717, 1.165) is 58.3 Å². The maximum absolute atomic E-state index is 12.3. The highest BCUT2D eigenvalue weighted by molar-refractivity contribution is 5.82. The highest BCUT2D eigenvalue weighted by atomic mass is 16.5. The summed E-state index contributed by atoms with van der Waals surface area (Å²) >= 11 is 0. The third-order valence-corrected chi connectivity index (χ3v) is 4.73. The van der Waals surface area contributed by atoms with E-state index in [1.54, 1.807) is 4.57 Å². The topological polar surface area (TPSA) is 111 Å². The lowest BCUT2D eigenvalue weighted by Gasteiger charge is -2.08. The number of ether oxygens (including phenoxy) is 1. The van der Waals surface area contributed by atoms with Crippen molar-refractivity contribution in [1.82, 2.24) is 19.5 Å². The average molecular weight is 348 g/mol. The van der Waals surface area contributed by atoms with E-state index in [9.17, 15) is 4.79 Å². The number of H-pyrrole nitrogens is 1. The number of nitrogens with zero attached hydrogens (tertiary/aromatic N) is 3. The summed E-state index contributed by atoms with van der Waals surface area (Å²) in [6.07, 6.45) is 6.44. The smallest absolute Gasteiger partial charge is 0.327 e. The standard InChI is InChI=1S/C17H28N6O2/c1-2-3-8-19-16-21-14(18)13-15(22-16)23(17(24)20-13)9-5-4-6-12-7-10-25-11-12/h12H,2-11H2,1H3,(H,20,24)(H3,18,19,21,22). The molecular formula is C17H28N6O2. The van der Waals surface area contributed by atoms with Gasteiger partial charge in [-0.1, -0.05) is 19.8 Å². The number of nitrogens with one attached hydrogen (secondary N) is 2. The van der Waals surface area contributed by atoms with E-state index in [1.165, 1.54) is 0 Å². The number of aromatic amines is 1. The molecule has 8 nitrogen and oxygen atoms in total. The lowest BCUT2D eigenvalue weighted by atomic mass is 10.0. The Labute approximate surface area is 147 Å². The summed E-state index contributed by atoms with van der Waals surface area (Å²) in [7, 11) is 0. The Bertz CT molecular complexity index is 747. The van der Waals surface area contributed by atoms with Gasteiger partial charge in [-0.3, -0.25) is 4.57 Å². The Balaban J connectivity index is 1.67. The number of imidazole rings is 1. The van der Waals surface area contributed by atoms with E-state index in [1.807, 2.05) is 0 Å². The van der Waals surface area contributed by atoms with Crippen LogP contribution < -0.4 is 16.7 Å². The van der Waals surface area contributed by atoms with Crippen molar-refractivity contribution in [3.63, 3.8) is 0 Å². The summed E-state index contributed by atoms with van der Waals surface area (Å²) in [5.74, 6) is 1.46. The van der Waals surface area contributed by atoms with Crippen LogP contribution in [0.2, 0.25) is 0 Å². The number of anilines is 2. The Hall–Kier alpha value is -2.09. The quantitative estimate of drug-likeness (QED) is 0.599. The van der Waals surface area contributed by atoms with Gasteiger partial charge in [-0.2, -0.15) is 9.97 Å². The lowest BCUT2D eigenvalue weighted by molar-refractivity contribution is 0.183. The molecule has 0 spiro atoms. The van der Waals surface area contributed by atoms with E-state index >= 15 is 0 Å². The second kappa shape index (κ2) is 8.33. The zero-order valence-electron chi connectivity index (χ0n) is 14.9. The number of rotatable bonds is 9. The van der Waals surface area contributed by atoms with Crippen LogP contribution in [-0.2, 0) is 11.3 Å². The first kappa shape index (κ1) is 17.7. The molecule has 0 aromatic carbocycles. The summed E-state index contributed by atoms with van der Waals surface area (Å²) < 4.78 is 7.08. The minimum atomic E-state index is -0.175. The molecule has 3 rings (SSSR count). The molecule has 2 aromatic heterocycles. The number of nitrogens with two attached hydrogens (primary N) is 1. The zero-order chi connectivity index (χ0) is 17.6. The van der Waals surface area contributed by atoms with Gasteiger partial charge in [-0.15, -0.1) is 0 Å². The minimum absolute atomic E-state index is 0.175. The summed E-state index contributed by atoms with van der Waals surface area (Å²) in [5, 5.41) is 3.17. The molecule has 0 bridgehead atoms. The third kappa shape index (κ3) is 4.31. The van der Waals surface area contributed by atoms with Crippen LogP contribution in [0.15, 0.2) is 4.79 Å². The summed E-state index contributed by atoms with van der Waals surface area (Å²) in [6.45, 7) is 5.32. The first-order valence-electron chi connectivity index (χ1n) is 9.26. The number of nitrogen functional groups attached to an aromatic ring is 1. The number of fused-ring (bicyclic) bond motifs is 1. The zero-order valence-corrected chi connectivity index (χ0v) is 14.9. The molecule has 0 aliphatic carbocycles. The van der Waals surface area contributed by atoms with E-state index in [0.29, 0.717) is 35.4 Å². The average Bonchev–Trinajstić information content (AvgIpc) is 3.21. The first-order chi connectivity index (χ1) is 12.2. The van der Waals surface area contributed by atoms with Gasteiger partial charge in [0, 0.05) is 26.3 Å². The van der Waals surface area contributed by atoms with Gasteiger partial charge in [0.25, 0.3) is 0 Å². The summed E-state index contributed by atoms with van der Waals surface area (Å²) in [6, 6.07) is 0. The van der Waals surface area contributed by atoms with E-state index in [-0.39, 0.29) is 5.69 Å². The van der Waals surface area contributed by atoms with Crippen molar-refractivity contribution >= 4 is 22.9 Å². The van der Waals surface area contributed by atoms with Crippen LogP contribution in [0.5, 0.6) is 0 Å². The van der Waals surface area contributed by atoms with Crippen LogP contribution in [0.1, 0.15) is 45.4 Å². The van der Waals surface area contributed by atoms with Crippen molar-refractivity contribution < 1.29 is 4.74 Å². The monoisotopic (exact) mass is 348 g/mol. The van der Waals surface area contributed by atoms with Gasteiger partial charge in [0.2, 0.25) is 5.95 Å². The maximum atomic E-state index is 12.3. The molecule has 1 saturated heterocycles. The van der Waals surface area contributed by atoms with Crippen LogP contribution in [-0.4, -0.2) is 39.3 Å². The maximum Gasteiger partial charge on any atom is 0.327 e. The minimum Gasteiger partial charge on any atom is -0.382 e. The predicted octanol–water partition coefficient (Wildman–Crippen LogP) is 2.12. The SMILES string of the molecule is CCCCNc1nc(N)c2[nH]c(=O)n(CCCCC3CCOC3)c2n1. The van der Waals surface area contributed by atoms with Gasteiger partial charge in [-0.25, -0.2) is 4.79 Å². The van der Waals surface area contributed by atoms with E-state index < -0.39 is 0 Å². The molecule has 3 heterocycles. The molecule has 1 aliphatic heterocycles. The molecule has 0 amide bonds. The molecule has 138 valence electrons. The number of hydrogen-bond acceptors (Lipinski definition) is 6. The Morgan fingerprint density at radius 2 is 2.24 bits per heavy atom. The molecule has 0 saturated carbocycles. The van der Waals surface area contributed by atoms with Gasteiger partial charge < -0.3 is 20.8 Å². The molecule has 1 atom stereocenters. The van der Waals surface area contributed by atoms with Crippen molar-refractivity contribution in [2.75, 3.05) is 30.8 Å². The molecular weight excluding hydrogens is 320 g/mol. The summed E-state index contributed by atoms with van der Waals surface area (Å²) in [5.41, 5.74) is 6.92. The van der Waals surface area contributed by atoms with Crippen molar-refractivity contribution in [1.29, 1.82) is 0 Å². The highest BCUT2D eigenvalue weighted by Crippen LogP contribution is 2.20. The van der Waals surface area contributed by atoms with E-state index in [4.69, 9.17) is 10.5 Å². The van der Waals surface area contributed by atoms with Crippen molar-refractivity contribution in [3.05, 3.63) is 10.5 Å². The molecule has 1 aliphatic rings. The lowest BCUT2D eigenvalue weighted by Crippen LogP contribution is -2.17. The van der Waals surface area contributed by atoms with Gasteiger partial charge in [0.1, 0.15) is 5.52 Å². The van der Waals surface area contributed by atoms with E-state index in [2.05, 4.69) is 27.2 Å². The second-order valence-electron chi connectivity index (χ2n) is 6.72. The van der Waals surface area contributed by atoms with Gasteiger partial charge in [0.15, 0.2) is 11.5 Å². The summed E-state index contributed by atoms with van der Waals surface area (Å²) in [4.78, 5) is 23.8. The number of aryl methyl sites for hydroxylation is 1. The number of hydrogen-bond donors (Lipinski definition) is 3. The predicted molar refractivity (Wildman–Crippen MR) is 98.7 cm³/mol. The van der Waals surface area contributed by atoms with Crippen LogP contribution in [0, 0.1) is 5.92 Å². The van der Waals surface area contributed by atoms with Crippen molar-refractivity contribution in [3.8, 4) is 0 Å². The largest absolute Gasteiger partial charge is 0.382 e. The van der Waals surface area contributed by atoms with Crippen molar-refractivity contribution in [2.45, 2.75) is 52.0 Å². The van der Waals surface area contributed by atoms with Crippen LogP contribution in [0.4, 0.5) is 11.8 Å². The Morgan fingerprint density at radius 1 is 1.36 bits per heavy atom. The normalized spacial score (nSPS) is 17.4. The number of unbranched alkanes of at least 4 members (excludes halogenated alkanes) is 2. The molecule has 4 N–H and O–H groups in total. The fourth-order valence-corrected chi connectivity index (χ4v) is 3.23. The van der Waals surface area contributed by atoms with Crippen LogP contribution in [0.3, 0.4) is 0 Å². The fourth-order valence-electron chi connectivity index (χ4n) is 3.23. The van der Waals surface area contributed by atoms with Crippen molar-refractivity contribution in [2.24, 2.45) is 5.92 Å². The molecule has 1 unspecified atom stereocenters. The molecule has 0 radical (unpaired) electrons. The second-order valence-corrected chi connectivity index (χ2v) is 6.72. The first-order valence-corrected chi connectivity index (χ1v) is 9.26. The fraction of sp³-hybridized carbons (Fsp3) is 0.706. The molecule has 1 fully saturated rings. The molecule has 8 heteroatoms. The van der Waals surface area contributed by atoms with Gasteiger partial charge >= 0.3 is 5.69 Å². The van der Waals surface area contributed by atoms with Crippen LogP contribution in [0.25, 0.3) is 11.2 Å². The van der Waals surface area contributed by atoms with Crippen LogP contribution >= 0.6 is 0 Å². The molecule has 25 heavy (non-hydrogen) atoms. The van der Waals surface area contributed by atoms with Gasteiger partial charge in [0.05, 0.1) is 0 Å². The third-order valence-electron chi connectivity index (χ3n) is 4.73. The number of aromatic nitrogens is 4. The Kier molecular flexibility index (Phi) is 5.91. The van der Waals surface area contributed by atoms with Gasteiger partial charge in [-0.05, 0) is 31.6 Å².